The zero-order valence-electron chi connectivity index (χ0n) is 11.7. The van der Waals surface area contributed by atoms with Crippen molar-refractivity contribution in [2.75, 3.05) is 7.11 Å². The Kier molecular flexibility index (Phi) is 4.24. The molecule has 0 aromatic carbocycles. The smallest absolute Gasteiger partial charge is 0.180 e. The summed E-state index contributed by atoms with van der Waals surface area (Å²) in [6, 6.07) is 0. The Balaban J connectivity index is 3.11. The van der Waals surface area contributed by atoms with Gasteiger partial charge in [0, 0.05) is 13.5 Å². The number of aliphatic hydroxyl groups is 1. The van der Waals surface area contributed by atoms with Crippen molar-refractivity contribution >= 4 is 0 Å². The van der Waals surface area contributed by atoms with Gasteiger partial charge in [-0.05, 0) is 26.7 Å². The fourth-order valence-electron chi connectivity index (χ4n) is 2.43. The Bertz CT molecular complexity index is 328. The van der Waals surface area contributed by atoms with Crippen molar-refractivity contribution in [3.8, 4) is 11.8 Å². The summed E-state index contributed by atoms with van der Waals surface area (Å²) in [4.78, 5) is 0. The van der Waals surface area contributed by atoms with Crippen LogP contribution in [0.2, 0.25) is 0 Å². The number of methoxy groups -OCH3 is 1. The highest BCUT2D eigenvalue weighted by atomic mass is 16.5. The molecule has 0 saturated carbocycles. The first-order valence-corrected chi connectivity index (χ1v) is 6.17. The summed E-state index contributed by atoms with van der Waals surface area (Å²) in [5.74, 6) is 6.04. The summed E-state index contributed by atoms with van der Waals surface area (Å²) in [6.07, 6.45) is 0.381. The average molecular weight is 240 g/mol. The van der Waals surface area contributed by atoms with Gasteiger partial charge in [-0.15, -0.1) is 5.92 Å². The Morgan fingerprint density at radius 3 is 2.47 bits per heavy atom. The number of rotatable bonds is 2. The maximum Gasteiger partial charge on any atom is 0.180 e. The fourth-order valence-corrected chi connectivity index (χ4v) is 2.43. The molecule has 1 aliphatic rings. The quantitative estimate of drug-likeness (QED) is 0.750. The van der Waals surface area contributed by atoms with Crippen LogP contribution in [-0.4, -0.2) is 35.6 Å². The van der Waals surface area contributed by atoms with E-state index in [1.165, 1.54) is 0 Å². The van der Waals surface area contributed by atoms with Gasteiger partial charge in [0.25, 0.3) is 0 Å². The molecule has 0 aromatic heterocycles. The maximum absolute atomic E-state index is 10.7. The second kappa shape index (κ2) is 4.97. The summed E-state index contributed by atoms with van der Waals surface area (Å²) in [5, 5.41) is 10.7. The minimum absolute atomic E-state index is 0.0916. The predicted octanol–water partition coefficient (Wildman–Crippen LogP) is 1.98. The van der Waals surface area contributed by atoms with E-state index >= 15 is 0 Å². The highest BCUT2D eigenvalue weighted by Crippen LogP contribution is 2.41. The Morgan fingerprint density at radius 2 is 2.06 bits per heavy atom. The Morgan fingerprint density at radius 1 is 1.47 bits per heavy atom. The van der Waals surface area contributed by atoms with Crippen LogP contribution in [0.3, 0.4) is 0 Å². The zero-order valence-corrected chi connectivity index (χ0v) is 11.7. The van der Waals surface area contributed by atoms with E-state index in [4.69, 9.17) is 9.47 Å². The van der Waals surface area contributed by atoms with E-state index in [0.29, 0.717) is 12.3 Å². The van der Waals surface area contributed by atoms with Gasteiger partial charge < -0.3 is 14.6 Å². The highest BCUT2D eigenvalue weighted by molar-refractivity contribution is 5.25. The summed E-state index contributed by atoms with van der Waals surface area (Å²) in [7, 11) is 1.62. The molecule has 0 bridgehead atoms. The van der Waals surface area contributed by atoms with E-state index in [1.807, 2.05) is 13.8 Å². The Labute approximate surface area is 104 Å². The van der Waals surface area contributed by atoms with Gasteiger partial charge in [-0.3, -0.25) is 0 Å². The van der Waals surface area contributed by atoms with Crippen LogP contribution in [0, 0.1) is 17.8 Å². The lowest BCUT2D eigenvalue weighted by Crippen LogP contribution is -2.65. The molecule has 0 radical (unpaired) electrons. The van der Waals surface area contributed by atoms with E-state index in [2.05, 4.69) is 25.7 Å². The van der Waals surface area contributed by atoms with Crippen LogP contribution >= 0.6 is 0 Å². The van der Waals surface area contributed by atoms with Crippen molar-refractivity contribution in [2.24, 2.45) is 5.92 Å². The molecule has 0 aromatic rings. The van der Waals surface area contributed by atoms with Gasteiger partial charge in [-0.1, -0.05) is 19.8 Å². The third kappa shape index (κ3) is 2.35. The number of hydrogen-bond donors (Lipinski definition) is 1. The summed E-state index contributed by atoms with van der Waals surface area (Å²) < 4.78 is 11.4. The standard InChI is InChI=1S/C14H24O3/c1-7-8-14(15)11(4)17-12(10(2)3)9-13(14,5)16-6/h10-12,15H,9H2,1-6H3/t11-,12+,13+,14+/m0/s1. The van der Waals surface area contributed by atoms with Crippen molar-refractivity contribution in [3.05, 3.63) is 0 Å². The van der Waals surface area contributed by atoms with Crippen molar-refractivity contribution in [1.82, 2.24) is 0 Å². The van der Waals surface area contributed by atoms with Crippen molar-refractivity contribution in [2.45, 2.75) is 64.4 Å². The van der Waals surface area contributed by atoms with Crippen molar-refractivity contribution in [1.29, 1.82) is 0 Å². The molecule has 3 heteroatoms. The second-order valence-electron chi connectivity index (χ2n) is 5.34. The second-order valence-corrected chi connectivity index (χ2v) is 5.34. The first-order chi connectivity index (χ1) is 7.80. The van der Waals surface area contributed by atoms with Gasteiger partial charge in [0.15, 0.2) is 5.60 Å². The third-order valence-electron chi connectivity index (χ3n) is 3.87. The molecule has 1 saturated heterocycles. The van der Waals surface area contributed by atoms with Crippen LogP contribution in [-0.2, 0) is 9.47 Å². The highest BCUT2D eigenvalue weighted by Gasteiger charge is 2.56. The number of ether oxygens (including phenoxy) is 2. The lowest BCUT2D eigenvalue weighted by atomic mass is 9.73. The molecule has 17 heavy (non-hydrogen) atoms. The normalized spacial score (nSPS) is 42.1. The third-order valence-corrected chi connectivity index (χ3v) is 3.87. The molecule has 1 N–H and O–H groups in total. The molecule has 4 atom stereocenters. The molecular weight excluding hydrogens is 216 g/mol. The van der Waals surface area contributed by atoms with Gasteiger partial charge in [0.2, 0.25) is 0 Å². The molecule has 0 unspecified atom stereocenters. The number of hydrogen-bond acceptors (Lipinski definition) is 3. The van der Waals surface area contributed by atoms with Gasteiger partial charge >= 0.3 is 0 Å². The first kappa shape index (κ1) is 14.5. The topological polar surface area (TPSA) is 38.7 Å². The van der Waals surface area contributed by atoms with Gasteiger partial charge in [0.05, 0.1) is 12.2 Å². The largest absolute Gasteiger partial charge is 0.374 e. The Hall–Kier alpha value is -0.560. The molecule has 3 nitrogen and oxygen atoms in total. The molecule has 0 amide bonds. The van der Waals surface area contributed by atoms with Crippen LogP contribution in [0.5, 0.6) is 0 Å². The van der Waals surface area contributed by atoms with E-state index in [0.717, 1.165) is 0 Å². The fraction of sp³-hybridized carbons (Fsp3) is 0.857. The van der Waals surface area contributed by atoms with Crippen LogP contribution < -0.4 is 0 Å². The molecule has 1 aliphatic heterocycles. The first-order valence-electron chi connectivity index (χ1n) is 6.17. The summed E-state index contributed by atoms with van der Waals surface area (Å²) in [6.45, 7) is 9.71. The maximum atomic E-state index is 10.7. The van der Waals surface area contributed by atoms with E-state index in [9.17, 15) is 5.11 Å². The van der Waals surface area contributed by atoms with E-state index in [1.54, 1.807) is 14.0 Å². The van der Waals surface area contributed by atoms with Crippen LogP contribution in [0.4, 0.5) is 0 Å². The van der Waals surface area contributed by atoms with Crippen LogP contribution in [0.25, 0.3) is 0 Å². The van der Waals surface area contributed by atoms with E-state index in [-0.39, 0.29) is 12.2 Å². The summed E-state index contributed by atoms with van der Waals surface area (Å²) >= 11 is 0. The van der Waals surface area contributed by atoms with Gasteiger partial charge in [0.1, 0.15) is 5.60 Å². The molecular formula is C14H24O3. The minimum Gasteiger partial charge on any atom is -0.374 e. The van der Waals surface area contributed by atoms with E-state index < -0.39 is 11.2 Å². The van der Waals surface area contributed by atoms with Crippen LogP contribution in [0.15, 0.2) is 0 Å². The lowest BCUT2D eigenvalue weighted by molar-refractivity contribution is -0.253. The van der Waals surface area contributed by atoms with Crippen LogP contribution in [0.1, 0.15) is 41.0 Å². The SMILES string of the molecule is CC#C[C@@]1(O)[C@H](C)O[C@@H](C(C)C)C[C@@]1(C)OC. The monoisotopic (exact) mass is 240 g/mol. The molecule has 0 aliphatic carbocycles. The molecule has 0 spiro atoms. The molecule has 98 valence electrons. The van der Waals surface area contributed by atoms with Gasteiger partial charge in [-0.25, -0.2) is 0 Å². The van der Waals surface area contributed by atoms with Crippen molar-refractivity contribution < 1.29 is 14.6 Å². The predicted molar refractivity (Wildman–Crippen MR) is 67.6 cm³/mol. The molecule has 1 heterocycles. The minimum atomic E-state index is -1.25. The van der Waals surface area contributed by atoms with Crippen molar-refractivity contribution in [3.63, 3.8) is 0 Å². The molecule has 1 fully saturated rings. The lowest BCUT2D eigenvalue weighted by Gasteiger charge is -2.51. The average Bonchev–Trinajstić information content (AvgIpc) is 2.26. The molecule has 1 rings (SSSR count). The summed E-state index contributed by atoms with van der Waals surface area (Å²) in [5.41, 5.74) is -1.94. The van der Waals surface area contributed by atoms with Gasteiger partial charge in [-0.2, -0.15) is 0 Å². The zero-order chi connectivity index (χ0) is 13.3.